The van der Waals surface area contributed by atoms with E-state index in [0.29, 0.717) is 47.7 Å². The lowest BCUT2D eigenvalue weighted by Gasteiger charge is -2.26. The molecular weight excluding hydrogens is 453 g/mol. The summed E-state index contributed by atoms with van der Waals surface area (Å²) in [6.45, 7) is 6.34. The summed E-state index contributed by atoms with van der Waals surface area (Å²) in [5, 5.41) is 9.51. The van der Waals surface area contributed by atoms with Gasteiger partial charge in [-0.1, -0.05) is 37.2 Å². The van der Waals surface area contributed by atoms with Crippen LogP contribution in [0.25, 0.3) is 5.57 Å². The summed E-state index contributed by atoms with van der Waals surface area (Å²) in [6, 6.07) is 9.55. The summed E-state index contributed by atoms with van der Waals surface area (Å²) in [4.78, 5) is 12.5. The average molecular weight is 482 g/mol. The Morgan fingerprint density at radius 2 is 1.88 bits per heavy atom. The summed E-state index contributed by atoms with van der Waals surface area (Å²) in [6.07, 6.45) is 2.98. The normalized spacial score (nSPS) is 12.4. The van der Waals surface area contributed by atoms with E-state index in [1.165, 1.54) is 6.07 Å². The Morgan fingerprint density at radius 1 is 1.25 bits per heavy atom. The number of halogens is 2. The van der Waals surface area contributed by atoms with Crippen LogP contribution in [0, 0.1) is 11.7 Å². The molecule has 0 aliphatic heterocycles. The number of hydrogen-bond donors (Lipinski definition) is 1. The highest BCUT2D eigenvalue weighted by molar-refractivity contribution is 7.90. The van der Waals surface area contributed by atoms with Crippen LogP contribution in [0.4, 0.5) is 10.1 Å². The molecule has 0 saturated heterocycles. The van der Waals surface area contributed by atoms with Crippen molar-refractivity contribution in [3.05, 3.63) is 64.9 Å². The molecule has 174 valence electrons. The molecule has 1 unspecified atom stereocenters. The van der Waals surface area contributed by atoms with Crippen LogP contribution < -0.4 is 4.90 Å². The first-order chi connectivity index (χ1) is 14.9. The Hall–Kier alpha value is -2.38. The maximum Gasteiger partial charge on any atom is 0.303 e. The zero-order valence-corrected chi connectivity index (χ0v) is 20.1. The zero-order chi connectivity index (χ0) is 24.1. The Bertz CT molecular complexity index is 1080. The van der Waals surface area contributed by atoms with Crippen molar-refractivity contribution in [1.82, 2.24) is 0 Å². The first-order valence-electron chi connectivity index (χ1n) is 10.3. The molecule has 1 atom stereocenters. The molecule has 0 bridgehead atoms. The van der Waals surface area contributed by atoms with Crippen molar-refractivity contribution in [2.75, 3.05) is 18.2 Å². The predicted molar refractivity (Wildman–Crippen MR) is 127 cm³/mol. The van der Waals surface area contributed by atoms with Crippen molar-refractivity contribution in [3.63, 3.8) is 0 Å². The van der Waals surface area contributed by atoms with Gasteiger partial charge in [0.05, 0.1) is 10.6 Å². The van der Waals surface area contributed by atoms with Gasteiger partial charge in [-0.15, -0.1) is 0 Å². The highest BCUT2D eigenvalue weighted by atomic mass is 35.5. The van der Waals surface area contributed by atoms with Gasteiger partial charge >= 0.3 is 5.97 Å². The van der Waals surface area contributed by atoms with E-state index in [0.717, 1.165) is 17.9 Å². The molecule has 0 spiro atoms. The van der Waals surface area contributed by atoms with Crippen LogP contribution in [0.2, 0.25) is 5.02 Å². The van der Waals surface area contributed by atoms with Gasteiger partial charge in [-0.3, -0.25) is 4.79 Å². The van der Waals surface area contributed by atoms with Gasteiger partial charge < -0.3 is 10.0 Å². The van der Waals surface area contributed by atoms with Crippen molar-refractivity contribution in [2.24, 2.45) is 5.92 Å². The average Bonchev–Trinajstić information content (AvgIpc) is 2.67. The predicted octanol–water partition coefficient (Wildman–Crippen LogP) is 5.81. The van der Waals surface area contributed by atoms with Crippen LogP contribution in [-0.4, -0.2) is 32.8 Å². The molecule has 1 N–H and O–H groups in total. The van der Waals surface area contributed by atoms with Gasteiger partial charge in [0.1, 0.15) is 5.82 Å². The van der Waals surface area contributed by atoms with E-state index >= 15 is 0 Å². The molecule has 32 heavy (non-hydrogen) atoms. The third-order valence-electron chi connectivity index (χ3n) is 5.23. The Labute approximate surface area is 194 Å². The molecule has 0 heterocycles. The van der Waals surface area contributed by atoms with Crippen molar-refractivity contribution in [2.45, 2.75) is 44.0 Å². The summed E-state index contributed by atoms with van der Waals surface area (Å²) >= 11 is 5.95. The molecule has 0 fully saturated rings. The van der Waals surface area contributed by atoms with Gasteiger partial charge in [0.2, 0.25) is 0 Å². The number of benzene rings is 2. The molecule has 0 aromatic heterocycles. The fraction of sp³-hybridized carbons (Fsp3) is 0.375. The Kier molecular flexibility index (Phi) is 8.87. The highest BCUT2D eigenvalue weighted by Crippen LogP contribution is 2.36. The summed E-state index contributed by atoms with van der Waals surface area (Å²) in [5.74, 6) is -1.48. The number of rotatable bonds is 11. The number of carbonyl (C=O) groups is 1. The van der Waals surface area contributed by atoms with Gasteiger partial charge in [0.15, 0.2) is 9.84 Å². The molecule has 5 nitrogen and oxygen atoms in total. The standard InChI is InChI=1S/C24H29ClFNO4S/c1-16(12-23(28)29)6-5-7-17(2)21-13-20(26)14-22(32(4,30)31)24(21)27(3)15-18-8-10-19(25)11-9-18/h8-11,13-14,16H,2,5-7,12,15H2,1,3-4H3,(H,28,29). The Balaban J connectivity index is 2.36. The van der Waals surface area contributed by atoms with E-state index < -0.39 is 21.6 Å². The maximum atomic E-state index is 14.4. The number of aliphatic carboxylic acids is 1. The molecular formula is C24H29ClFNO4S. The van der Waals surface area contributed by atoms with Crippen molar-refractivity contribution in [3.8, 4) is 0 Å². The second kappa shape index (κ2) is 11.0. The van der Waals surface area contributed by atoms with E-state index in [2.05, 4.69) is 6.58 Å². The summed E-state index contributed by atoms with van der Waals surface area (Å²) in [5.41, 5.74) is 2.36. The molecule has 0 saturated carbocycles. The van der Waals surface area contributed by atoms with Crippen molar-refractivity contribution >= 4 is 38.7 Å². The minimum Gasteiger partial charge on any atom is -0.481 e. The minimum atomic E-state index is -3.71. The van der Waals surface area contributed by atoms with Gasteiger partial charge in [0, 0.05) is 36.9 Å². The molecule has 2 aromatic carbocycles. The molecule has 2 rings (SSSR count). The Morgan fingerprint density at radius 3 is 2.44 bits per heavy atom. The number of sulfone groups is 1. The van der Waals surface area contributed by atoms with Gasteiger partial charge in [-0.2, -0.15) is 0 Å². The van der Waals surface area contributed by atoms with Gasteiger partial charge in [-0.05, 0) is 60.6 Å². The number of anilines is 1. The maximum absolute atomic E-state index is 14.4. The smallest absolute Gasteiger partial charge is 0.303 e. The third-order valence-corrected chi connectivity index (χ3v) is 6.60. The molecule has 0 aliphatic carbocycles. The van der Waals surface area contributed by atoms with Crippen LogP contribution in [0.1, 0.15) is 43.7 Å². The zero-order valence-electron chi connectivity index (χ0n) is 18.6. The van der Waals surface area contributed by atoms with Crippen molar-refractivity contribution in [1.29, 1.82) is 0 Å². The first kappa shape index (κ1) is 25.9. The van der Waals surface area contributed by atoms with Crippen LogP contribution in [0.3, 0.4) is 0 Å². The monoisotopic (exact) mass is 481 g/mol. The molecule has 0 amide bonds. The quantitative estimate of drug-likeness (QED) is 0.438. The van der Waals surface area contributed by atoms with Gasteiger partial charge in [0.25, 0.3) is 0 Å². The number of carboxylic acid groups (broad SMARTS) is 1. The first-order valence-corrected chi connectivity index (χ1v) is 12.5. The summed E-state index contributed by atoms with van der Waals surface area (Å²) in [7, 11) is -1.96. The van der Waals surface area contributed by atoms with Gasteiger partial charge in [-0.25, -0.2) is 12.8 Å². The largest absolute Gasteiger partial charge is 0.481 e. The van der Waals surface area contributed by atoms with E-state index in [-0.39, 0.29) is 17.2 Å². The van der Waals surface area contributed by atoms with E-state index in [1.807, 2.05) is 19.1 Å². The lowest BCUT2D eigenvalue weighted by atomic mass is 9.95. The molecule has 8 heteroatoms. The number of hydrogen-bond acceptors (Lipinski definition) is 4. The SMILES string of the molecule is C=C(CCCC(C)CC(=O)O)c1cc(F)cc(S(C)(=O)=O)c1N(C)Cc1ccc(Cl)cc1. The highest BCUT2D eigenvalue weighted by Gasteiger charge is 2.23. The molecule has 0 radical (unpaired) electrons. The molecule has 2 aromatic rings. The number of nitrogens with zero attached hydrogens (tertiary/aromatic N) is 1. The summed E-state index contributed by atoms with van der Waals surface area (Å²) < 4.78 is 39.4. The van der Waals surface area contributed by atoms with Crippen LogP contribution in [0.5, 0.6) is 0 Å². The topological polar surface area (TPSA) is 74.7 Å². The number of allylic oxidation sites excluding steroid dienone is 1. The van der Waals surface area contributed by atoms with E-state index in [1.54, 1.807) is 24.1 Å². The lowest BCUT2D eigenvalue weighted by molar-refractivity contribution is -0.138. The fourth-order valence-corrected chi connectivity index (χ4v) is 4.73. The second-order valence-electron chi connectivity index (χ2n) is 8.25. The van der Waals surface area contributed by atoms with Crippen LogP contribution in [0.15, 0.2) is 47.9 Å². The third kappa shape index (κ3) is 7.35. The van der Waals surface area contributed by atoms with Crippen LogP contribution in [-0.2, 0) is 21.2 Å². The van der Waals surface area contributed by atoms with E-state index in [9.17, 15) is 17.6 Å². The lowest BCUT2D eigenvalue weighted by Crippen LogP contribution is -2.21. The minimum absolute atomic E-state index is 0.00596. The second-order valence-corrected chi connectivity index (χ2v) is 10.7. The fourth-order valence-electron chi connectivity index (χ4n) is 3.66. The molecule has 0 aliphatic rings. The number of carboxylic acids is 1. The van der Waals surface area contributed by atoms with Crippen molar-refractivity contribution < 1.29 is 22.7 Å². The van der Waals surface area contributed by atoms with Crippen LogP contribution >= 0.6 is 11.6 Å². The van der Waals surface area contributed by atoms with E-state index in [4.69, 9.17) is 16.7 Å².